The lowest BCUT2D eigenvalue weighted by Gasteiger charge is -2.30. The number of ether oxygens (including phenoxy) is 1. The monoisotopic (exact) mass is 356 g/mol. The summed E-state index contributed by atoms with van der Waals surface area (Å²) >= 11 is 0. The van der Waals surface area contributed by atoms with E-state index in [2.05, 4.69) is 4.72 Å². The molecule has 1 aromatic carbocycles. The Hall–Kier alpha value is -1.60. The van der Waals surface area contributed by atoms with Crippen LogP contribution in [0.1, 0.15) is 42.6 Å². The van der Waals surface area contributed by atoms with Gasteiger partial charge >= 0.3 is 0 Å². The Morgan fingerprint density at radius 1 is 1.29 bits per heavy atom. The molecule has 0 aliphatic heterocycles. The fourth-order valence-electron chi connectivity index (χ4n) is 2.60. The third-order valence-corrected chi connectivity index (χ3v) is 4.55. The van der Waals surface area contributed by atoms with Crippen LogP contribution in [0.4, 0.5) is 5.69 Å². The summed E-state index contributed by atoms with van der Waals surface area (Å²) in [7, 11) is -1.79. The second-order valence-electron chi connectivity index (χ2n) is 5.87. The van der Waals surface area contributed by atoms with Crippen LogP contribution in [0.15, 0.2) is 18.2 Å². The molecule has 0 aromatic heterocycles. The highest BCUT2D eigenvalue weighted by molar-refractivity contribution is 7.92. The van der Waals surface area contributed by atoms with Crippen LogP contribution in [-0.4, -0.2) is 51.8 Å². The molecule has 1 aromatic rings. The van der Waals surface area contributed by atoms with Crippen molar-refractivity contribution < 1.29 is 17.9 Å². The molecular weight excluding hydrogens is 328 g/mol. The zero-order valence-electron chi connectivity index (χ0n) is 15.1. The van der Waals surface area contributed by atoms with E-state index in [0.717, 1.165) is 24.7 Å². The smallest absolute Gasteiger partial charge is 0.254 e. The number of rotatable bonds is 9. The minimum Gasteiger partial charge on any atom is -0.383 e. The Morgan fingerprint density at radius 2 is 1.92 bits per heavy atom. The van der Waals surface area contributed by atoms with Gasteiger partial charge in [0.2, 0.25) is 10.0 Å². The van der Waals surface area contributed by atoms with Gasteiger partial charge in [0.25, 0.3) is 5.91 Å². The van der Waals surface area contributed by atoms with Crippen molar-refractivity contribution in [2.24, 2.45) is 0 Å². The SMILES string of the molecule is CCC(CC)N(CCOC)C(=O)c1ccc(C)c(NS(C)(=O)=O)c1. The van der Waals surface area contributed by atoms with Gasteiger partial charge in [0.15, 0.2) is 0 Å². The predicted molar refractivity (Wildman–Crippen MR) is 96.9 cm³/mol. The number of benzene rings is 1. The molecule has 0 spiro atoms. The summed E-state index contributed by atoms with van der Waals surface area (Å²) in [4.78, 5) is 14.7. The van der Waals surface area contributed by atoms with Crippen LogP contribution >= 0.6 is 0 Å². The van der Waals surface area contributed by atoms with Crippen molar-refractivity contribution in [2.45, 2.75) is 39.7 Å². The second-order valence-corrected chi connectivity index (χ2v) is 7.61. The van der Waals surface area contributed by atoms with Crippen LogP contribution in [0.5, 0.6) is 0 Å². The van der Waals surface area contributed by atoms with Gasteiger partial charge in [-0.15, -0.1) is 0 Å². The molecule has 0 heterocycles. The Bertz CT molecular complexity index is 655. The molecule has 136 valence electrons. The molecule has 24 heavy (non-hydrogen) atoms. The second kappa shape index (κ2) is 9.03. The number of nitrogens with zero attached hydrogens (tertiary/aromatic N) is 1. The zero-order valence-corrected chi connectivity index (χ0v) is 15.9. The zero-order chi connectivity index (χ0) is 18.3. The summed E-state index contributed by atoms with van der Waals surface area (Å²) in [6.07, 6.45) is 2.80. The van der Waals surface area contributed by atoms with Crippen LogP contribution in [0.25, 0.3) is 0 Å². The molecule has 0 aliphatic carbocycles. The van der Waals surface area contributed by atoms with E-state index in [-0.39, 0.29) is 11.9 Å². The number of aryl methyl sites for hydroxylation is 1. The van der Waals surface area contributed by atoms with Gasteiger partial charge in [-0.05, 0) is 37.5 Å². The summed E-state index contributed by atoms with van der Waals surface area (Å²) in [5.74, 6) is -0.114. The van der Waals surface area contributed by atoms with Gasteiger partial charge in [-0.25, -0.2) is 8.42 Å². The molecule has 6 nitrogen and oxygen atoms in total. The number of methoxy groups -OCH3 is 1. The van der Waals surface area contributed by atoms with Crippen molar-refractivity contribution in [1.82, 2.24) is 4.90 Å². The minimum atomic E-state index is -3.40. The number of nitrogens with one attached hydrogen (secondary N) is 1. The quantitative estimate of drug-likeness (QED) is 0.738. The van der Waals surface area contributed by atoms with Crippen LogP contribution in [0, 0.1) is 6.92 Å². The Kier molecular flexibility index (Phi) is 7.69. The lowest BCUT2D eigenvalue weighted by atomic mass is 10.1. The van der Waals surface area contributed by atoms with Gasteiger partial charge in [0.1, 0.15) is 0 Å². The first-order valence-electron chi connectivity index (χ1n) is 8.11. The van der Waals surface area contributed by atoms with Crippen molar-refractivity contribution in [3.8, 4) is 0 Å². The third kappa shape index (κ3) is 5.79. The van der Waals surface area contributed by atoms with Gasteiger partial charge < -0.3 is 9.64 Å². The topological polar surface area (TPSA) is 75.7 Å². The molecule has 7 heteroatoms. The normalized spacial score (nSPS) is 11.6. The number of sulfonamides is 1. The van der Waals surface area contributed by atoms with Crippen LogP contribution in [0.2, 0.25) is 0 Å². The van der Waals surface area contributed by atoms with E-state index in [4.69, 9.17) is 4.74 Å². The van der Waals surface area contributed by atoms with Crippen molar-refractivity contribution in [3.63, 3.8) is 0 Å². The molecular formula is C17H28N2O4S. The molecule has 0 aliphatic rings. The molecule has 0 atom stereocenters. The van der Waals surface area contributed by atoms with Gasteiger partial charge in [-0.3, -0.25) is 9.52 Å². The molecule has 1 amide bonds. The maximum absolute atomic E-state index is 12.9. The largest absolute Gasteiger partial charge is 0.383 e. The number of hydrogen-bond acceptors (Lipinski definition) is 4. The molecule has 0 fully saturated rings. The highest BCUT2D eigenvalue weighted by atomic mass is 32.2. The number of hydrogen-bond donors (Lipinski definition) is 1. The highest BCUT2D eigenvalue weighted by Gasteiger charge is 2.23. The van der Waals surface area contributed by atoms with Crippen molar-refractivity contribution in [3.05, 3.63) is 29.3 Å². The summed E-state index contributed by atoms with van der Waals surface area (Å²) < 4.78 is 30.6. The first-order chi connectivity index (χ1) is 11.2. The van der Waals surface area contributed by atoms with Crippen molar-refractivity contribution >= 4 is 21.6 Å². The Labute approximate surface area is 145 Å². The number of carbonyl (C=O) groups excluding carboxylic acids is 1. The summed E-state index contributed by atoms with van der Waals surface area (Å²) in [6.45, 7) is 6.86. The van der Waals surface area contributed by atoms with Crippen molar-refractivity contribution in [1.29, 1.82) is 0 Å². The third-order valence-electron chi connectivity index (χ3n) is 3.96. The van der Waals surface area contributed by atoms with E-state index in [1.165, 1.54) is 0 Å². The predicted octanol–water partition coefficient (Wildman–Crippen LogP) is 2.64. The summed E-state index contributed by atoms with van der Waals surface area (Å²) in [5, 5.41) is 0. The maximum Gasteiger partial charge on any atom is 0.254 e. The number of anilines is 1. The fourth-order valence-corrected chi connectivity index (χ4v) is 3.22. The lowest BCUT2D eigenvalue weighted by Crippen LogP contribution is -2.41. The molecule has 0 bridgehead atoms. The molecule has 0 saturated carbocycles. The standard InChI is InChI=1S/C17H28N2O4S/c1-6-15(7-2)19(10-11-23-4)17(20)14-9-8-13(3)16(12-14)18-24(5,21)22/h8-9,12,15,18H,6-7,10-11H2,1-5H3. The number of carbonyl (C=O) groups is 1. The highest BCUT2D eigenvalue weighted by Crippen LogP contribution is 2.21. The minimum absolute atomic E-state index is 0.114. The summed E-state index contributed by atoms with van der Waals surface area (Å²) in [6, 6.07) is 5.20. The molecule has 1 rings (SSSR count). The van der Waals surface area contributed by atoms with E-state index in [1.807, 2.05) is 13.8 Å². The van der Waals surface area contributed by atoms with E-state index < -0.39 is 10.0 Å². The lowest BCUT2D eigenvalue weighted by molar-refractivity contribution is 0.0589. The molecule has 0 saturated heterocycles. The Morgan fingerprint density at radius 3 is 2.42 bits per heavy atom. The summed E-state index contributed by atoms with van der Waals surface area (Å²) in [5.41, 5.74) is 1.66. The van der Waals surface area contributed by atoms with E-state index in [0.29, 0.717) is 24.4 Å². The first kappa shape index (κ1) is 20.4. The van der Waals surface area contributed by atoms with E-state index in [9.17, 15) is 13.2 Å². The van der Waals surface area contributed by atoms with Crippen LogP contribution in [-0.2, 0) is 14.8 Å². The number of amides is 1. The van der Waals surface area contributed by atoms with Gasteiger partial charge in [0.05, 0.1) is 18.6 Å². The fraction of sp³-hybridized carbons (Fsp3) is 0.588. The Balaban J connectivity index is 3.15. The first-order valence-corrected chi connectivity index (χ1v) is 10.0. The average Bonchev–Trinajstić information content (AvgIpc) is 2.51. The van der Waals surface area contributed by atoms with Crippen molar-refractivity contribution in [2.75, 3.05) is 31.2 Å². The van der Waals surface area contributed by atoms with E-state index in [1.54, 1.807) is 37.1 Å². The van der Waals surface area contributed by atoms with Crippen LogP contribution in [0.3, 0.4) is 0 Å². The van der Waals surface area contributed by atoms with Gasteiger partial charge in [-0.2, -0.15) is 0 Å². The van der Waals surface area contributed by atoms with Gasteiger partial charge in [0, 0.05) is 25.3 Å². The van der Waals surface area contributed by atoms with E-state index >= 15 is 0 Å². The van der Waals surface area contributed by atoms with Gasteiger partial charge in [-0.1, -0.05) is 19.9 Å². The van der Waals surface area contributed by atoms with Crippen LogP contribution < -0.4 is 4.72 Å². The molecule has 0 unspecified atom stereocenters. The molecule has 1 N–H and O–H groups in total. The maximum atomic E-state index is 12.9. The molecule has 0 radical (unpaired) electrons. The average molecular weight is 356 g/mol.